The van der Waals surface area contributed by atoms with Gasteiger partial charge < -0.3 is 0 Å². The number of hydrogen-bond donors (Lipinski definition) is 0. The van der Waals surface area contributed by atoms with Crippen molar-refractivity contribution in [3.05, 3.63) is 57.6 Å². The number of aryl methyl sites for hydroxylation is 6. The summed E-state index contributed by atoms with van der Waals surface area (Å²) >= 11 is 0.194. The van der Waals surface area contributed by atoms with E-state index in [1.807, 2.05) is 6.21 Å². The molecule has 3 rings (SSSR count). The van der Waals surface area contributed by atoms with E-state index in [4.69, 9.17) is 20.2 Å². The van der Waals surface area contributed by atoms with Crippen molar-refractivity contribution in [3.8, 4) is 0 Å². The molecule has 1 aliphatic heterocycles. The molecule has 0 saturated heterocycles. The molecule has 0 radical (unpaired) electrons. The summed E-state index contributed by atoms with van der Waals surface area (Å²) in [5.41, 5.74) is 10.0. The molecule has 2 aromatic rings. The molecule has 0 unspecified atom stereocenters. The van der Waals surface area contributed by atoms with E-state index in [2.05, 4.69) is 85.8 Å². The van der Waals surface area contributed by atoms with Gasteiger partial charge in [-0.25, -0.2) is 4.99 Å². The van der Waals surface area contributed by atoms with Crippen LogP contribution in [0.15, 0.2) is 44.2 Å². The van der Waals surface area contributed by atoms with Crippen LogP contribution in [0.5, 0.6) is 0 Å². The number of nitrogens with zero attached hydrogens (tertiary/aromatic N) is 4. The Morgan fingerprint density at radius 1 is 0.767 bits per heavy atom. The van der Waals surface area contributed by atoms with E-state index in [9.17, 15) is 0 Å². The van der Waals surface area contributed by atoms with Crippen molar-refractivity contribution >= 4 is 55.5 Å². The van der Waals surface area contributed by atoms with Gasteiger partial charge in [0.25, 0.3) is 0 Å². The first kappa shape index (κ1) is 24.5. The fourth-order valence-electron chi connectivity index (χ4n) is 3.53. The number of rotatable bonds is 4. The zero-order valence-corrected chi connectivity index (χ0v) is 20.7. The Hall–Kier alpha value is -1.78. The van der Waals surface area contributed by atoms with Crippen LogP contribution in [-0.4, -0.2) is 30.5 Å². The molecule has 0 aromatic heterocycles. The van der Waals surface area contributed by atoms with Crippen molar-refractivity contribution in [3.63, 3.8) is 0 Å². The molecule has 0 aliphatic carbocycles. The van der Waals surface area contributed by atoms with Gasteiger partial charge in [0.15, 0.2) is 5.84 Å². The van der Waals surface area contributed by atoms with Gasteiger partial charge in [0, 0.05) is 0 Å². The Morgan fingerprint density at radius 2 is 1.17 bits per heavy atom. The van der Waals surface area contributed by atoms with Crippen molar-refractivity contribution in [2.75, 3.05) is 6.54 Å². The summed E-state index contributed by atoms with van der Waals surface area (Å²) in [7, 11) is 9.53. The van der Waals surface area contributed by atoms with Crippen molar-refractivity contribution in [2.24, 2.45) is 20.0 Å². The van der Waals surface area contributed by atoms with Gasteiger partial charge in [-0.05, 0) is 63.8 Å². The first-order chi connectivity index (χ1) is 14.2. The summed E-state index contributed by atoms with van der Waals surface area (Å²) in [4.78, 5) is 18.2. The van der Waals surface area contributed by atoms with E-state index in [1.165, 1.54) is 33.4 Å². The minimum atomic E-state index is 0.194. The minimum absolute atomic E-state index is 0.194. The van der Waals surface area contributed by atoms with Crippen LogP contribution in [0.4, 0.5) is 11.4 Å². The van der Waals surface area contributed by atoms with Crippen LogP contribution >= 0.6 is 20.2 Å². The first-order valence-electron chi connectivity index (χ1n) is 9.46. The molecule has 0 saturated carbocycles. The maximum absolute atomic E-state index is 4.76. The van der Waals surface area contributed by atoms with Gasteiger partial charge >= 0.3 is 33.3 Å². The zero-order valence-electron chi connectivity index (χ0n) is 18.1. The topological polar surface area (TPSA) is 49.4 Å². The molecular weight excluding hydrogens is 459 g/mol. The Balaban J connectivity index is 0.00000101. The van der Waals surface area contributed by atoms with Gasteiger partial charge in [0.2, 0.25) is 0 Å². The molecule has 0 fully saturated rings. The predicted octanol–water partition coefficient (Wildman–Crippen LogP) is 6.87. The molecular formula is C23H26Cl2FeN4. The van der Waals surface area contributed by atoms with Crippen LogP contribution in [0.3, 0.4) is 0 Å². The molecule has 30 heavy (non-hydrogen) atoms. The van der Waals surface area contributed by atoms with Crippen LogP contribution in [0.25, 0.3) is 0 Å². The van der Waals surface area contributed by atoms with Gasteiger partial charge in [-0.2, -0.15) is 0 Å². The second-order valence-electron chi connectivity index (χ2n) is 7.34. The molecule has 0 bridgehead atoms. The molecule has 2 aromatic carbocycles. The van der Waals surface area contributed by atoms with Crippen molar-refractivity contribution < 1.29 is 13.1 Å². The SMILES string of the molecule is Cc1cc(C)c(N=CC2=NC(C=Nc3c(C)cc(C)cc3C)=NC2)c(C)c1.[Cl][Fe][Cl]. The third-order valence-electron chi connectivity index (χ3n) is 4.58. The third-order valence-corrected chi connectivity index (χ3v) is 4.58. The second-order valence-corrected chi connectivity index (χ2v) is 9.16. The van der Waals surface area contributed by atoms with Gasteiger partial charge in [-0.1, -0.05) is 35.4 Å². The van der Waals surface area contributed by atoms with E-state index in [0.29, 0.717) is 12.4 Å². The summed E-state index contributed by atoms with van der Waals surface area (Å²) in [6, 6.07) is 8.58. The molecule has 0 N–H and O–H groups in total. The van der Waals surface area contributed by atoms with Gasteiger partial charge in [0.1, 0.15) is 0 Å². The summed E-state index contributed by atoms with van der Waals surface area (Å²) in [6.45, 7) is 13.1. The molecule has 0 atom stereocenters. The number of aliphatic imine (C=N–C) groups is 4. The van der Waals surface area contributed by atoms with Gasteiger partial charge in [-0.15, -0.1) is 0 Å². The van der Waals surface area contributed by atoms with Crippen molar-refractivity contribution in [1.29, 1.82) is 0 Å². The monoisotopic (exact) mass is 484 g/mol. The van der Waals surface area contributed by atoms with E-state index < -0.39 is 0 Å². The Morgan fingerprint density at radius 3 is 1.60 bits per heavy atom. The van der Waals surface area contributed by atoms with Gasteiger partial charge in [0.05, 0.1) is 36.1 Å². The fourth-order valence-corrected chi connectivity index (χ4v) is 3.53. The standard InChI is InChI=1S/C23H26N4.2ClH.Fe/c1-14-7-16(3)22(17(4)8-14)25-12-20-11-24-21(27-20)13-26-23-18(5)9-15(2)10-19(23)6;;;/h7-10,12-13H,11H2,1-6H3;2*1H;/q;;;+2/p-2. The zero-order chi connectivity index (χ0) is 22.3. The number of amidine groups is 1. The fraction of sp³-hybridized carbons (Fsp3) is 0.304. The van der Waals surface area contributed by atoms with E-state index >= 15 is 0 Å². The average molecular weight is 485 g/mol. The predicted molar refractivity (Wildman–Crippen MR) is 129 cm³/mol. The normalized spacial score (nSPS) is 13.6. The Labute approximate surface area is 193 Å². The van der Waals surface area contributed by atoms with Gasteiger partial charge in [-0.3, -0.25) is 15.0 Å². The Bertz CT molecular complexity index is 993. The first-order valence-corrected chi connectivity index (χ1v) is 12.5. The summed E-state index contributed by atoms with van der Waals surface area (Å²) < 4.78 is 0. The molecule has 0 amide bonds. The maximum atomic E-state index is 4.76. The van der Waals surface area contributed by atoms with Crippen LogP contribution in [-0.2, 0) is 13.1 Å². The molecule has 7 heteroatoms. The third kappa shape index (κ3) is 6.88. The summed E-state index contributed by atoms with van der Waals surface area (Å²) in [5, 5.41) is 0. The number of benzene rings is 2. The molecule has 4 nitrogen and oxygen atoms in total. The van der Waals surface area contributed by atoms with Crippen LogP contribution in [0.2, 0.25) is 0 Å². The average Bonchev–Trinajstić information content (AvgIpc) is 3.08. The molecule has 1 heterocycles. The summed E-state index contributed by atoms with van der Waals surface area (Å²) in [6.07, 6.45) is 3.56. The Kier molecular flexibility index (Phi) is 9.44. The number of hydrogen-bond acceptors (Lipinski definition) is 4. The number of halogens is 2. The second kappa shape index (κ2) is 11.6. The van der Waals surface area contributed by atoms with Crippen molar-refractivity contribution in [1.82, 2.24) is 0 Å². The molecule has 160 valence electrons. The molecule has 0 spiro atoms. The summed E-state index contributed by atoms with van der Waals surface area (Å²) in [5.74, 6) is 0.646. The van der Waals surface area contributed by atoms with E-state index in [-0.39, 0.29) is 13.1 Å². The van der Waals surface area contributed by atoms with E-state index in [0.717, 1.165) is 17.1 Å². The van der Waals surface area contributed by atoms with Crippen LogP contribution < -0.4 is 0 Å². The molecule has 1 aliphatic rings. The van der Waals surface area contributed by atoms with E-state index in [1.54, 1.807) is 6.21 Å². The van der Waals surface area contributed by atoms with Crippen molar-refractivity contribution in [2.45, 2.75) is 41.5 Å². The van der Waals surface area contributed by atoms with Crippen LogP contribution in [0, 0.1) is 41.5 Å². The van der Waals surface area contributed by atoms with Crippen LogP contribution in [0.1, 0.15) is 33.4 Å². The quantitative estimate of drug-likeness (QED) is 0.335.